The van der Waals surface area contributed by atoms with Crippen molar-refractivity contribution in [3.05, 3.63) is 66.9 Å². The minimum Gasteiger partial charge on any atom is -0.459 e. The maximum absolute atomic E-state index is 12.1. The van der Waals surface area contributed by atoms with Crippen molar-refractivity contribution in [2.24, 2.45) is 0 Å². The summed E-state index contributed by atoms with van der Waals surface area (Å²) in [7, 11) is 1.47. The number of H-pyrrole nitrogens is 1. The Morgan fingerprint density at radius 3 is 2.72 bits per heavy atom. The van der Waals surface area contributed by atoms with Gasteiger partial charge in [0.25, 0.3) is 5.56 Å². The van der Waals surface area contributed by atoms with Gasteiger partial charge in [0, 0.05) is 25.9 Å². The van der Waals surface area contributed by atoms with E-state index in [1.807, 2.05) is 0 Å². The number of hydrogen-bond donors (Lipinski definition) is 1. The Kier molecular flexibility index (Phi) is 6.81. The van der Waals surface area contributed by atoms with Gasteiger partial charge in [0.1, 0.15) is 6.61 Å². The van der Waals surface area contributed by atoms with E-state index in [4.69, 9.17) is 32.7 Å². The molecule has 1 atom stereocenters. The number of carbonyl (C=O) groups excluding carboxylic acids is 1. The fourth-order valence-electron chi connectivity index (χ4n) is 2.08. The van der Waals surface area contributed by atoms with Gasteiger partial charge in [0.05, 0.1) is 21.7 Å². The molecule has 1 aromatic carbocycles. The molecular weight excluding hydrogens is 371 g/mol. The van der Waals surface area contributed by atoms with E-state index in [9.17, 15) is 14.4 Å². The Bertz CT molecular complexity index is 862. The number of ether oxygens (including phenoxy) is 2. The highest BCUT2D eigenvalue weighted by atomic mass is 35.5. The summed E-state index contributed by atoms with van der Waals surface area (Å²) in [5.41, 5.74) is -0.803. The number of nitrogens with one attached hydrogen (secondary N) is 1. The highest BCUT2D eigenvalue weighted by molar-refractivity contribution is 6.43. The largest absolute Gasteiger partial charge is 0.459 e. The summed E-state index contributed by atoms with van der Waals surface area (Å²) in [5, 5.41) is 0.389. The highest BCUT2D eigenvalue weighted by Gasteiger charge is 2.17. The Morgan fingerprint density at radius 1 is 1.28 bits per heavy atom. The van der Waals surface area contributed by atoms with Gasteiger partial charge < -0.3 is 14.0 Å². The lowest BCUT2D eigenvalue weighted by atomic mass is 10.2. The minimum atomic E-state index is -0.615. The van der Waals surface area contributed by atoms with Gasteiger partial charge in [-0.3, -0.25) is 9.78 Å². The van der Waals surface area contributed by atoms with E-state index >= 15 is 0 Å². The maximum atomic E-state index is 12.1. The molecule has 0 aliphatic rings. The quantitative estimate of drug-likeness (QED) is 0.735. The zero-order valence-corrected chi connectivity index (χ0v) is 14.8. The Morgan fingerprint density at radius 2 is 2.04 bits per heavy atom. The van der Waals surface area contributed by atoms with E-state index in [2.05, 4.69) is 4.98 Å². The number of benzene rings is 1. The number of nitrogens with zero attached hydrogens (tertiary/aromatic N) is 1. The van der Waals surface area contributed by atoms with Gasteiger partial charge in [0.2, 0.25) is 0 Å². The molecule has 0 amide bonds. The molecule has 1 unspecified atom stereocenters. The third-order valence-corrected chi connectivity index (χ3v) is 4.31. The molecule has 0 fully saturated rings. The van der Waals surface area contributed by atoms with Crippen LogP contribution in [0.25, 0.3) is 0 Å². The highest BCUT2D eigenvalue weighted by Crippen LogP contribution is 2.26. The summed E-state index contributed by atoms with van der Waals surface area (Å²) < 4.78 is 11.8. The lowest BCUT2D eigenvalue weighted by Crippen LogP contribution is -2.31. The number of hydrogen-bond acceptors (Lipinski definition) is 5. The first-order valence-corrected chi connectivity index (χ1v) is 8.11. The van der Waals surface area contributed by atoms with E-state index in [0.29, 0.717) is 13.0 Å². The number of methoxy groups -OCH3 is 1. The number of aryl methyl sites for hydroxylation is 1. The molecular formula is C16H16Cl2N2O5. The zero-order valence-electron chi connectivity index (χ0n) is 13.3. The number of esters is 1. The number of halogens is 2. The first-order valence-electron chi connectivity index (χ1n) is 7.36. The molecule has 134 valence electrons. The summed E-state index contributed by atoms with van der Waals surface area (Å²) in [5.74, 6) is -0.615. The molecule has 1 N–H and O–H groups in total. The van der Waals surface area contributed by atoms with Gasteiger partial charge in [-0.1, -0.05) is 29.3 Å². The average molecular weight is 387 g/mol. The fraction of sp³-hybridized carbons (Fsp3) is 0.312. The molecule has 0 saturated heterocycles. The Balaban J connectivity index is 1.93. The van der Waals surface area contributed by atoms with Crippen molar-refractivity contribution in [2.45, 2.75) is 19.1 Å². The Hall–Kier alpha value is -2.09. The lowest BCUT2D eigenvalue weighted by Gasteiger charge is -2.16. The van der Waals surface area contributed by atoms with Gasteiger partial charge in [0.15, 0.2) is 0 Å². The third kappa shape index (κ3) is 5.19. The van der Waals surface area contributed by atoms with Crippen LogP contribution in [0, 0.1) is 0 Å². The summed E-state index contributed by atoms with van der Waals surface area (Å²) in [6, 6.07) is 5.93. The third-order valence-electron chi connectivity index (χ3n) is 3.49. The lowest BCUT2D eigenvalue weighted by molar-refractivity contribution is 0.00651. The molecule has 2 rings (SSSR count). The van der Waals surface area contributed by atoms with Crippen molar-refractivity contribution in [1.82, 2.24) is 9.55 Å². The molecule has 1 aromatic heterocycles. The van der Waals surface area contributed by atoms with Crippen molar-refractivity contribution in [1.29, 1.82) is 0 Å². The van der Waals surface area contributed by atoms with Gasteiger partial charge in [-0.25, -0.2) is 9.59 Å². The summed E-state index contributed by atoms with van der Waals surface area (Å²) in [6.07, 6.45) is 1.37. The second kappa shape index (κ2) is 8.84. The molecule has 25 heavy (non-hydrogen) atoms. The summed E-state index contributed by atoms with van der Waals surface area (Å²) in [6.45, 7) is 0.278. The minimum absolute atomic E-state index is 0.0176. The van der Waals surface area contributed by atoms with Crippen LogP contribution in [-0.4, -0.2) is 35.3 Å². The predicted octanol–water partition coefficient (Wildman–Crippen LogP) is 2.11. The molecule has 9 heteroatoms. The van der Waals surface area contributed by atoms with Crippen molar-refractivity contribution < 1.29 is 14.3 Å². The van der Waals surface area contributed by atoms with E-state index < -0.39 is 23.3 Å². The van der Waals surface area contributed by atoms with E-state index in [1.165, 1.54) is 30.0 Å². The standard InChI is InChI=1S/C16H16Cl2N2O5/c1-24-10(5-7-20-8-6-13(21)19-16(20)23)9-25-15(22)11-3-2-4-12(17)14(11)18/h2-4,6,8,10H,5,7,9H2,1H3,(H,19,21,23). The van der Waals surface area contributed by atoms with E-state index in [1.54, 1.807) is 12.1 Å². The van der Waals surface area contributed by atoms with Crippen LogP contribution in [0.15, 0.2) is 40.1 Å². The number of carbonyl (C=O) groups is 1. The molecule has 7 nitrogen and oxygen atoms in total. The maximum Gasteiger partial charge on any atom is 0.339 e. The van der Waals surface area contributed by atoms with E-state index in [-0.39, 0.29) is 22.2 Å². The topological polar surface area (TPSA) is 90.4 Å². The van der Waals surface area contributed by atoms with Crippen molar-refractivity contribution in [2.75, 3.05) is 13.7 Å². The predicted molar refractivity (Wildman–Crippen MR) is 93.5 cm³/mol. The second-order valence-electron chi connectivity index (χ2n) is 5.15. The van der Waals surface area contributed by atoms with Crippen LogP contribution < -0.4 is 11.2 Å². The monoisotopic (exact) mass is 386 g/mol. The van der Waals surface area contributed by atoms with Crippen LogP contribution in [0.5, 0.6) is 0 Å². The number of rotatable bonds is 7. The SMILES string of the molecule is COC(CCn1ccc(=O)[nH]c1=O)COC(=O)c1cccc(Cl)c1Cl. The molecule has 0 radical (unpaired) electrons. The van der Waals surface area contributed by atoms with E-state index in [0.717, 1.165) is 0 Å². The first kappa shape index (κ1) is 19.2. The molecule has 0 aliphatic heterocycles. The van der Waals surface area contributed by atoms with Crippen LogP contribution >= 0.6 is 23.2 Å². The van der Waals surface area contributed by atoms with Crippen LogP contribution in [0.2, 0.25) is 10.0 Å². The van der Waals surface area contributed by atoms with Gasteiger partial charge in [-0.05, 0) is 18.6 Å². The number of aromatic amines is 1. The molecule has 0 saturated carbocycles. The summed E-state index contributed by atoms with van der Waals surface area (Å²) in [4.78, 5) is 36.9. The van der Waals surface area contributed by atoms with Crippen LogP contribution in [-0.2, 0) is 16.0 Å². The molecule has 0 spiro atoms. The van der Waals surface area contributed by atoms with Crippen molar-refractivity contribution in [3.8, 4) is 0 Å². The van der Waals surface area contributed by atoms with Crippen molar-refractivity contribution in [3.63, 3.8) is 0 Å². The smallest absolute Gasteiger partial charge is 0.339 e. The molecule has 0 bridgehead atoms. The van der Waals surface area contributed by atoms with Crippen LogP contribution in [0.1, 0.15) is 16.8 Å². The number of aromatic nitrogens is 2. The first-order chi connectivity index (χ1) is 11.9. The summed E-state index contributed by atoms with van der Waals surface area (Å²) >= 11 is 11.8. The molecule has 0 aliphatic carbocycles. The molecule has 1 heterocycles. The fourth-order valence-corrected chi connectivity index (χ4v) is 2.46. The van der Waals surface area contributed by atoms with Gasteiger partial charge >= 0.3 is 11.7 Å². The van der Waals surface area contributed by atoms with Gasteiger partial charge in [-0.15, -0.1) is 0 Å². The zero-order chi connectivity index (χ0) is 18.4. The van der Waals surface area contributed by atoms with Crippen LogP contribution in [0.3, 0.4) is 0 Å². The second-order valence-corrected chi connectivity index (χ2v) is 5.93. The van der Waals surface area contributed by atoms with Crippen LogP contribution in [0.4, 0.5) is 0 Å². The van der Waals surface area contributed by atoms with Crippen molar-refractivity contribution >= 4 is 29.2 Å². The normalized spacial score (nSPS) is 12.0. The average Bonchev–Trinajstić information content (AvgIpc) is 2.58. The Labute approximate surface area is 153 Å². The van der Waals surface area contributed by atoms with Gasteiger partial charge in [-0.2, -0.15) is 0 Å². The molecule has 2 aromatic rings.